The molecule has 3 heterocycles. The van der Waals surface area contributed by atoms with Gasteiger partial charge in [0.15, 0.2) is 5.76 Å². The van der Waals surface area contributed by atoms with E-state index < -0.39 is 5.97 Å². The van der Waals surface area contributed by atoms with Crippen LogP contribution in [0.4, 0.5) is 0 Å². The molecule has 0 spiro atoms. The molecule has 0 aromatic carbocycles. The van der Waals surface area contributed by atoms with Crippen LogP contribution >= 0.6 is 0 Å². The standard InChI is InChI=1S/C32H47N3O3/c1-5-9-10-11-12-13-14-15-16-18-25-19-20-26(33-25)23-28-31(37-7-3)29(32(36)38-8-4)30(35-28)27-22-21-24(34-27)17-6-2/h19-23,33-34H,5-18H2,1-4H3. The van der Waals surface area contributed by atoms with E-state index in [1.54, 1.807) is 0 Å². The number of esters is 1. The van der Waals surface area contributed by atoms with E-state index in [-0.39, 0.29) is 0 Å². The molecule has 0 saturated heterocycles. The molecule has 3 rings (SSSR count). The largest absolute Gasteiger partial charge is 0.491 e. The number of ether oxygens (including phenoxy) is 2. The Morgan fingerprint density at radius 1 is 0.789 bits per heavy atom. The molecular weight excluding hydrogens is 474 g/mol. The lowest BCUT2D eigenvalue weighted by Gasteiger charge is -2.09. The van der Waals surface area contributed by atoms with Crippen LogP contribution in [-0.2, 0) is 27.1 Å². The van der Waals surface area contributed by atoms with Gasteiger partial charge in [-0.1, -0.05) is 71.6 Å². The Labute approximate surface area is 229 Å². The lowest BCUT2D eigenvalue weighted by molar-refractivity contribution is -0.138. The summed E-state index contributed by atoms with van der Waals surface area (Å²) >= 11 is 0. The first-order valence-corrected chi connectivity index (χ1v) is 14.8. The third-order valence-electron chi connectivity index (χ3n) is 6.83. The van der Waals surface area contributed by atoms with Crippen LogP contribution in [0.2, 0.25) is 0 Å². The van der Waals surface area contributed by atoms with Gasteiger partial charge in [0.25, 0.3) is 0 Å². The zero-order valence-corrected chi connectivity index (χ0v) is 24.0. The Hall–Kier alpha value is -3.02. The van der Waals surface area contributed by atoms with Crippen LogP contribution in [0.15, 0.2) is 46.3 Å². The second kappa shape index (κ2) is 16.1. The normalized spacial score (nSPS) is 14.4. The van der Waals surface area contributed by atoms with E-state index in [4.69, 9.17) is 14.5 Å². The first-order chi connectivity index (χ1) is 18.6. The van der Waals surface area contributed by atoms with Crippen molar-refractivity contribution in [2.75, 3.05) is 13.2 Å². The molecule has 2 aromatic rings. The van der Waals surface area contributed by atoms with Crippen LogP contribution in [0, 0.1) is 0 Å². The molecule has 0 bridgehead atoms. The molecule has 0 radical (unpaired) electrons. The predicted octanol–water partition coefficient (Wildman–Crippen LogP) is 8.07. The zero-order chi connectivity index (χ0) is 27.2. The molecule has 0 atom stereocenters. The second-order valence-electron chi connectivity index (χ2n) is 10.0. The highest BCUT2D eigenvalue weighted by Crippen LogP contribution is 2.32. The summed E-state index contributed by atoms with van der Waals surface area (Å²) in [7, 11) is 0. The maximum Gasteiger partial charge on any atom is 0.344 e. The van der Waals surface area contributed by atoms with E-state index in [1.165, 1.54) is 63.5 Å². The van der Waals surface area contributed by atoms with Gasteiger partial charge in [0.1, 0.15) is 17.0 Å². The Morgan fingerprint density at radius 3 is 2.16 bits per heavy atom. The summed E-state index contributed by atoms with van der Waals surface area (Å²) in [6.45, 7) is 8.85. The fraction of sp³-hybridized carbons (Fsp3) is 0.562. The minimum Gasteiger partial charge on any atom is -0.491 e. The summed E-state index contributed by atoms with van der Waals surface area (Å²) < 4.78 is 11.4. The van der Waals surface area contributed by atoms with Crippen molar-refractivity contribution >= 4 is 17.8 Å². The summed E-state index contributed by atoms with van der Waals surface area (Å²) in [5.74, 6) is 0.0601. The maximum atomic E-state index is 13.0. The summed E-state index contributed by atoms with van der Waals surface area (Å²) in [5.41, 5.74) is 5.68. The van der Waals surface area contributed by atoms with E-state index in [0.29, 0.717) is 36.0 Å². The Bertz CT molecular complexity index is 1100. The third kappa shape index (κ3) is 8.50. The van der Waals surface area contributed by atoms with Crippen LogP contribution in [0.5, 0.6) is 0 Å². The van der Waals surface area contributed by atoms with E-state index >= 15 is 0 Å². The van der Waals surface area contributed by atoms with Crippen molar-refractivity contribution in [3.8, 4) is 0 Å². The monoisotopic (exact) mass is 521 g/mol. The molecule has 0 amide bonds. The molecule has 0 saturated carbocycles. The predicted molar refractivity (Wildman–Crippen MR) is 156 cm³/mol. The average Bonchev–Trinajstić information content (AvgIpc) is 3.63. The number of nitrogens with zero attached hydrogens (tertiary/aromatic N) is 1. The van der Waals surface area contributed by atoms with Gasteiger partial charge in [0.2, 0.25) is 0 Å². The number of rotatable bonds is 18. The topological polar surface area (TPSA) is 79.5 Å². The van der Waals surface area contributed by atoms with Crippen LogP contribution in [0.1, 0.15) is 115 Å². The van der Waals surface area contributed by atoms with Crippen molar-refractivity contribution in [3.63, 3.8) is 0 Å². The highest BCUT2D eigenvalue weighted by Gasteiger charge is 2.33. The van der Waals surface area contributed by atoms with Gasteiger partial charge in [-0.25, -0.2) is 9.79 Å². The Kier molecular flexibility index (Phi) is 12.5. The Morgan fingerprint density at radius 2 is 1.47 bits per heavy atom. The minimum atomic E-state index is -0.415. The van der Waals surface area contributed by atoms with E-state index in [2.05, 4.69) is 42.0 Å². The number of hydrogen-bond donors (Lipinski definition) is 2. The Balaban J connectivity index is 1.71. The molecule has 1 aliphatic heterocycles. The van der Waals surface area contributed by atoms with Crippen LogP contribution < -0.4 is 0 Å². The molecule has 2 aromatic heterocycles. The van der Waals surface area contributed by atoms with Crippen molar-refractivity contribution < 1.29 is 14.3 Å². The van der Waals surface area contributed by atoms with Gasteiger partial charge in [-0.3, -0.25) is 0 Å². The molecule has 6 nitrogen and oxygen atoms in total. The number of carbonyl (C=O) groups excluding carboxylic acids is 1. The molecule has 38 heavy (non-hydrogen) atoms. The van der Waals surface area contributed by atoms with Gasteiger partial charge in [0.05, 0.1) is 18.9 Å². The molecular formula is C32H47N3O3. The smallest absolute Gasteiger partial charge is 0.344 e. The molecule has 0 aliphatic carbocycles. The average molecular weight is 522 g/mol. The number of aryl methyl sites for hydroxylation is 2. The number of carbonyl (C=O) groups is 1. The quantitative estimate of drug-likeness (QED) is 0.154. The fourth-order valence-corrected chi connectivity index (χ4v) is 4.89. The SMILES string of the molecule is CCCCCCCCCCCc1ccc(C=C2N=C(c3ccc(CCC)[nH]3)C(C(=O)OCC)=C2OCC)[nH]1. The van der Waals surface area contributed by atoms with Gasteiger partial charge in [-0.2, -0.15) is 0 Å². The summed E-state index contributed by atoms with van der Waals surface area (Å²) in [5, 5.41) is 0. The molecule has 2 N–H and O–H groups in total. The van der Waals surface area contributed by atoms with E-state index in [9.17, 15) is 4.79 Å². The third-order valence-corrected chi connectivity index (χ3v) is 6.83. The van der Waals surface area contributed by atoms with Gasteiger partial charge in [0, 0.05) is 17.1 Å². The molecule has 0 fully saturated rings. The van der Waals surface area contributed by atoms with Gasteiger partial charge < -0.3 is 19.4 Å². The van der Waals surface area contributed by atoms with Crippen LogP contribution in [-0.4, -0.2) is 34.9 Å². The van der Waals surface area contributed by atoms with Gasteiger partial charge >= 0.3 is 5.97 Å². The van der Waals surface area contributed by atoms with Gasteiger partial charge in [-0.15, -0.1) is 0 Å². The molecule has 1 aliphatic rings. The number of aromatic nitrogens is 2. The molecule has 208 valence electrons. The number of nitrogens with one attached hydrogen (secondary N) is 2. The summed E-state index contributed by atoms with van der Waals surface area (Å²) in [4.78, 5) is 24.8. The van der Waals surface area contributed by atoms with Crippen molar-refractivity contribution in [2.45, 2.75) is 105 Å². The summed E-state index contributed by atoms with van der Waals surface area (Å²) in [6, 6.07) is 8.25. The number of H-pyrrole nitrogens is 2. The van der Waals surface area contributed by atoms with Crippen molar-refractivity contribution in [3.05, 3.63) is 64.1 Å². The lowest BCUT2D eigenvalue weighted by Crippen LogP contribution is -2.17. The van der Waals surface area contributed by atoms with E-state index in [1.807, 2.05) is 26.0 Å². The highest BCUT2D eigenvalue weighted by atomic mass is 16.5. The minimum absolute atomic E-state index is 0.290. The number of hydrogen-bond acceptors (Lipinski definition) is 4. The maximum absolute atomic E-state index is 13.0. The summed E-state index contributed by atoms with van der Waals surface area (Å²) in [6.07, 6.45) is 16.9. The van der Waals surface area contributed by atoms with E-state index in [0.717, 1.165) is 36.3 Å². The van der Waals surface area contributed by atoms with Crippen LogP contribution in [0.3, 0.4) is 0 Å². The molecule has 6 heteroatoms. The number of aliphatic imine (C=N–C) groups is 1. The first kappa shape index (κ1) is 29.5. The van der Waals surface area contributed by atoms with Crippen molar-refractivity contribution in [2.24, 2.45) is 4.99 Å². The van der Waals surface area contributed by atoms with Crippen LogP contribution in [0.25, 0.3) is 6.08 Å². The zero-order valence-electron chi connectivity index (χ0n) is 24.0. The number of unbranched alkanes of at least 4 members (excludes halogenated alkanes) is 8. The van der Waals surface area contributed by atoms with Crippen molar-refractivity contribution in [1.82, 2.24) is 9.97 Å². The van der Waals surface area contributed by atoms with Crippen molar-refractivity contribution in [1.29, 1.82) is 0 Å². The van der Waals surface area contributed by atoms with Gasteiger partial charge in [-0.05, 0) is 63.5 Å². The fourth-order valence-electron chi connectivity index (χ4n) is 4.89. The number of aromatic amines is 2. The highest BCUT2D eigenvalue weighted by molar-refractivity contribution is 6.29. The lowest BCUT2D eigenvalue weighted by atomic mass is 10.1. The molecule has 0 unspecified atom stereocenters. The second-order valence-corrected chi connectivity index (χ2v) is 10.0. The first-order valence-electron chi connectivity index (χ1n) is 14.8.